The Balaban J connectivity index is 2.26. The van der Waals surface area contributed by atoms with E-state index in [0.29, 0.717) is 5.92 Å². The smallest absolute Gasteiger partial charge is 0.243 e. The molecule has 2 rings (SSSR count). The third kappa shape index (κ3) is 2.28. The van der Waals surface area contributed by atoms with E-state index >= 15 is 0 Å². The van der Waals surface area contributed by atoms with Gasteiger partial charge in [0, 0.05) is 5.69 Å². The summed E-state index contributed by atoms with van der Waals surface area (Å²) in [5.74, 6) is 0.323. The molecule has 2 unspecified atom stereocenters. The Bertz CT molecular complexity index is 430. The minimum atomic E-state index is -0.550. The van der Waals surface area contributed by atoms with E-state index in [1.807, 2.05) is 31.2 Å². The molecule has 3 N–H and O–H groups in total. The standard InChI is InChI=1S/C14H20N2O/c1-10-7-8-14(9-10,13(15)17)16-12-6-4-3-5-11(12)2/h3-6,10,16H,7-9H2,1-2H3,(H2,15,17). The normalized spacial score (nSPS) is 28.0. The number of aryl methyl sites for hydroxylation is 1. The van der Waals surface area contributed by atoms with Crippen LogP contribution in [-0.2, 0) is 4.79 Å². The molecule has 17 heavy (non-hydrogen) atoms. The summed E-state index contributed by atoms with van der Waals surface area (Å²) in [6, 6.07) is 8.01. The zero-order valence-corrected chi connectivity index (χ0v) is 10.5. The van der Waals surface area contributed by atoms with E-state index in [1.54, 1.807) is 0 Å². The second-order valence-corrected chi connectivity index (χ2v) is 5.23. The largest absolute Gasteiger partial charge is 0.371 e. The third-order valence-electron chi connectivity index (χ3n) is 3.75. The van der Waals surface area contributed by atoms with Crippen LogP contribution in [0.5, 0.6) is 0 Å². The molecule has 1 fully saturated rings. The average Bonchev–Trinajstić information content (AvgIpc) is 2.65. The number of nitrogens with one attached hydrogen (secondary N) is 1. The van der Waals surface area contributed by atoms with Crippen molar-refractivity contribution in [3.63, 3.8) is 0 Å². The van der Waals surface area contributed by atoms with Crippen molar-refractivity contribution < 1.29 is 4.79 Å². The molecule has 2 atom stereocenters. The van der Waals surface area contributed by atoms with Crippen LogP contribution in [0.4, 0.5) is 5.69 Å². The van der Waals surface area contributed by atoms with Gasteiger partial charge in [0.15, 0.2) is 0 Å². The van der Waals surface area contributed by atoms with Crippen LogP contribution in [0.15, 0.2) is 24.3 Å². The van der Waals surface area contributed by atoms with Crippen LogP contribution in [0.2, 0.25) is 0 Å². The Kier molecular flexibility index (Phi) is 3.09. The minimum absolute atomic E-state index is 0.231. The second kappa shape index (κ2) is 4.40. The van der Waals surface area contributed by atoms with Crippen LogP contribution in [0.1, 0.15) is 31.7 Å². The van der Waals surface area contributed by atoms with Gasteiger partial charge in [-0.25, -0.2) is 0 Å². The molecule has 1 saturated carbocycles. The molecule has 1 amide bonds. The lowest BCUT2D eigenvalue weighted by molar-refractivity contribution is -0.122. The van der Waals surface area contributed by atoms with Gasteiger partial charge in [0.05, 0.1) is 0 Å². The summed E-state index contributed by atoms with van der Waals surface area (Å²) < 4.78 is 0. The molecule has 0 aliphatic heterocycles. The van der Waals surface area contributed by atoms with Crippen LogP contribution in [0.3, 0.4) is 0 Å². The summed E-state index contributed by atoms with van der Waals surface area (Å²) >= 11 is 0. The SMILES string of the molecule is Cc1ccccc1NC1(C(N)=O)CCC(C)C1. The van der Waals surface area contributed by atoms with Gasteiger partial charge in [-0.15, -0.1) is 0 Å². The highest BCUT2D eigenvalue weighted by atomic mass is 16.1. The quantitative estimate of drug-likeness (QED) is 0.841. The van der Waals surface area contributed by atoms with Gasteiger partial charge in [0.2, 0.25) is 5.91 Å². The van der Waals surface area contributed by atoms with Gasteiger partial charge >= 0.3 is 0 Å². The van der Waals surface area contributed by atoms with Crippen LogP contribution in [0.25, 0.3) is 0 Å². The summed E-state index contributed by atoms with van der Waals surface area (Å²) in [6.45, 7) is 4.21. The summed E-state index contributed by atoms with van der Waals surface area (Å²) in [7, 11) is 0. The summed E-state index contributed by atoms with van der Waals surface area (Å²) in [5.41, 5.74) is 7.20. The van der Waals surface area contributed by atoms with Crippen LogP contribution < -0.4 is 11.1 Å². The van der Waals surface area contributed by atoms with Crippen molar-refractivity contribution in [1.29, 1.82) is 0 Å². The fourth-order valence-electron chi connectivity index (χ4n) is 2.66. The fourth-order valence-corrected chi connectivity index (χ4v) is 2.66. The highest BCUT2D eigenvalue weighted by Crippen LogP contribution is 2.37. The number of nitrogens with two attached hydrogens (primary N) is 1. The second-order valence-electron chi connectivity index (χ2n) is 5.23. The highest BCUT2D eigenvalue weighted by molar-refractivity contribution is 5.88. The molecule has 1 aromatic rings. The van der Waals surface area contributed by atoms with Crippen LogP contribution in [-0.4, -0.2) is 11.4 Å². The maximum atomic E-state index is 11.7. The van der Waals surface area contributed by atoms with E-state index in [1.165, 1.54) is 0 Å². The lowest BCUT2D eigenvalue weighted by Crippen LogP contribution is -2.48. The van der Waals surface area contributed by atoms with E-state index in [9.17, 15) is 4.79 Å². The Hall–Kier alpha value is -1.51. The monoisotopic (exact) mass is 232 g/mol. The molecule has 0 saturated heterocycles. The number of amides is 1. The van der Waals surface area contributed by atoms with E-state index in [4.69, 9.17) is 5.73 Å². The van der Waals surface area contributed by atoms with Gasteiger partial charge in [-0.2, -0.15) is 0 Å². The lowest BCUT2D eigenvalue weighted by Gasteiger charge is -2.29. The summed E-state index contributed by atoms with van der Waals surface area (Å²) in [5, 5.41) is 3.38. The molecule has 0 spiro atoms. The lowest BCUT2D eigenvalue weighted by atomic mass is 9.94. The molecule has 0 bridgehead atoms. The van der Waals surface area contributed by atoms with Crippen molar-refractivity contribution in [3.05, 3.63) is 29.8 Å². The van der Waals surface area contributed by atoms with Gasteiger partial charge in [-0.1, -0.05) is 25.1 Å². The third-order valence-corrected chi connectivity index (χ3v) is 3.75. The Morgan fingerprint density at radius 2 is 2.18 bits per heavy atom. The average molecular weight is 232 g/mol. The van der Waals surface area contributed by atoms with Gasteiger partial charge in [0.25, 0.3) is 0 Å². The Morgan fingerprint density at radius 3 is 2.71 bits per heavy atom. The van der Waals surface area contributed by atoms with Crippen molar-refractivity contribution in [3.8, 4) is 0 Å². The number of carbonyl (C=O) groups excluding carboxylic acids is 1. The van der Waals surface area contributed by atoms with Crippen molar-refractivity contribution in [1.82, 2.24) is 0 Å². The van der Waals surface area contributed by atoms with Gasteiger partial charge in [0.1, 0.15) is 5.54 Å². The number of anilines is 1. The molecule has 0 aromatic heterocycles. The maximum Gasteiger partial charge on any atom is 0.243 e. The number of hydrogen-bond acceptors (Lipinski definition) is 2. The molecule has 1 aromatic carbocycles. The predicted molar refractivity (Wildman–Crippen MR) is 69.7 cm³/mol. The van der Waals surface area contributed by atoms with Crippen molar-refractivity contribution in [2.24, 2.45) is 11.7 Å². The van der Waals surface area contributed by atoms with Gasteiger partial charge < -0.3 is 11.1 Å². The maximum absolute atomic E-state index is 11.7. The number of rotatable bonds is 3. The molecular weight excluding hydrogens is 212 g/mol. The molecule has 3 heteroatoms. The van der Waals surface area contributed by atoms with Crippen molar-refractivity contribution >= 4 is 11.6 Å². The number of benzene rings is 1. The van der Waals surface area contributed by atoms with Crippen molar-refractivity contribution in [2.45, 2.75) is 38.6 Å². The molecule has 92 valence electrons. The molecule has 0 radical (unpaired) electrons. The van der Waals surface area contributed by atoms with E-state index in [0.717, 1.165) is 30.5 Å². The first-order valence-electron chi connectivity index (χ1n) is 6.17. The number of hydrogen-bond donors (Lipinski definition) is 2. The summed E-state index contributed by atoms with van der Waals surface area (Å²) in [4.78, 5) is 11.7. The van der Waals surface area contributed by atoms with E-state index < -0.39 is 5.54 Å². The fraction of sp³-hybridized carbons (Fsp3) is 0.500. The topological polar surface area (TPSA) is 55.1 Å². The number of primary amides is 1. The minimum Gasteiger partial charge on any atom is -0.371 e. The van der Waals surface area contributed by atoms with Crippen LogP contribution in [0, 0.1) is 12.8 Å². The number of para-hydroxylation sites is 1. The molecule has 0 heterocycles. The first kappa shape index (κ1) is 12.0. The van der Waals surface area contributed by atoms with Gasteiger partial charge in [-0.3, -0.25) is 4.79 Å². The zero-order chi connectivity index (χ0) is 12.5. The van der Waals surface area contributed by atoms with Crippen LogP contribution >= 0.6 is 0 Å². The van der Waals surface area contributed by atoms with E-state index in [-0.39, 0.29) is 5.91 Å². The predicted octanol–water partition coefficient (Wildman–Crippen LogP) is 2.45. The molecule has 1 aliphatic rings. The van der Waals surface area contributed by atoms with Gasteiger partial charge in [-0.05, 0) is 43.7 Å². The first-order valence-corrected chi connectivity index (χ1v) is 6.17. The van der Waals surface area contributed by atoms with E-state index in [2.05, 4.69) is 12.2 Å². The Labute approximate surface area is 102 Å². The molecular formula is C14H20N2O. The summed E-state index contributed by atoms with van der Waals surface area (Å²) in [6.07, 6.45) is 2.72. The highest BCUT2D eigenvalue weighted by Gasteiger charge is 2.42. The Morgan fingerprint density at radius 1 is 1.47 bits per heavy atom. The number of carbonyl (C=O) groups is 1. The zero-order valence-electron chi connectivity index (χ0n) is 10.5. The first-order chi connectivity index (χ1) is 8.03. The molecule has 3 nitrogen and oxygen atoms in total. The molecule has 1 aliphatic carbocycles. The van der Waals surface area contributed by atoms with Crippen molar-refractivity contribution in [2.75, 3.05) is 5.32 Å².